The second-order valence-electron chi connectivity index (χ2n) is 5.73. The highest BCUT2D eigenvalue weighted by Gasteiger charge is 2.40. The van der Waals surface area contributed by atoms with Gasteiger partial charge in [0.25, 0.3) is 5.91 Å². The number of carbonyl (C=O) groups is 3. The zero-order valence-electron chi connectivity index (χ0n) is 14.3. The Balaban J connectivity index is 1.92. The molecular formula is C19H17N3O4. The maximum atomic E-state index is 12.8. The molecule has 1 heterocycles. The first-order valence-electron chi connectivity index (χ1n) is 7.94. The van der Waals surface area contributed by atoms with Crippen LogP contribution in [0.3, 0.4) is 0 Å². The zero-order valence-corrected chi connectivity index (χ0v) is 14.3. The fraction of sp³-hybridized carbons (Fsp3) is 0.158. The molecule has 2 aromatic rings. The molecule has 0 saturated carbocycles. The van der Waals surface area contributed by atoms with Gasteiger partial charge in [-0.1, -0.05) is 24.3 Å². The van der Waals surface area contributed by atoms with E-state index in [9.17, 15) is 14.4 Å². The Morgan fingerprint density at radius 2 is 1.88 bits per heavy atom. The van der Waals surface area contributed by atoms with Crippen LogP contribution < -0.4 is 15.0 Å². The number of para-hydroxylation sites is 2. The molecule has 0 spiro atoms. The lowest BCUT2D eigenvalue weighted by atomic mass is 10.1. The highest BCUT2D eigenvalue weighted by Crippen LogP contribution is 2.27. The van der Waals surface area contributed by atoms with Crippen molar-refractivity contribution in [3.8, 4) is 5.75 Å². The Morgan fingerprint density at radius 1 is 1.12 bits per heavy atom. The number of aliphatic imine (C=N–C) groups is 1. The van der Waals surface area contributed by atoms with Gasteiger partial charge in [0.05, 0.1) is 12.8 Å². The van der Waals surface area contributed by atoms with Gasteiger partial charge in [-0.15, -0.1) is 0 Å². The van der Waals surface area contributed by atoms with E-state index < -0.39 is 23.8 Å². The number of carbonyl (C=O) groups excluding carboxylic acids is 3. The van der Waals surface area contributed by atoms with Crippen LogP contribution >= 0.6 is 0 Å². The number of nitrogens with zero attached hydrogens (tertiary/aromatic N) is 2. The number of nitrogens with one attached hydrogen (secondary N) is 1. The Bertz CT molecular complexity index is 907. The molecule has 0 unspecified atom stereocenters. The van der Waals surface area contributed by atoms with Gasteiger partial charge >= 0.3 is 6.03 Å². The standard InChI is InChI=1S/C19H17N3O4/c1-12-6-5-7-13(10-12)22-18(24)14(17(23)21-19(22)25)11-20-15-8-3-4-9-16(15)26-2/h3-11,14H,1-2H3,(H,21,23,25)/t14-/m1/s1. The Kier molecular flexibility index (Phi) is 4.79. The first-order chi connectivity index (χ1) is 12.5. The number of aryl methyl sites for hydroxylation is 1. The number of hydrogen-bond acceptors (Lipinski definition) is 5. The summed E-state index contributed by atoms with van der Waals surface area (Å²) >= 11 is 0. The summed E-state index contributed by atoms with van der Waals surface area (Å²) in [5, 5.41) is 2.20. The maximum Gasteiger partial charge on any atom is 0.335 e. The van der Waals surface area contributed by atoms with E-state index >= 15 is 0 Å². The largest absolute Gasteiger partial charge is 0.494 e. The van der Waals surface area contributed by atoms with E-state index in [1.54, 1.807) is 42.5 Å². The number of imide groups is 2. The molecule has 1 fully saturated rings. The molecule has 1 atom stereocenters. The van der Waals surface area contributed by atoms with Crippen molar-refractivity contribution in [3.63, 3.8) is 0 Å². The van der Waals surface area contributed by atoms with E-state index in [0.29, 0.717) is 17.1 Å². The lowest BCUT2D eigenvalue weighted by Gasteiger charge is -2.28. The third kappa shape index (κ3) is 3.32. The number of methoxy groups -OCH3 is 1. The van der Waals surface area contributed by atoms with E-state index in [1.807, 2.05) is 13.0 Å². The molecular weight excluding hydrogens is 334 g/mol. The predicted octanol–water partition coefficient (Wildman–Crippen LogP) is 2.61. The van der Waals surface area contributed by atoms with Gasteiger partial charge in [-0.2, -0.15) is 0 Å². The van der Waals surface area contributed by atoms with Crippen LogP contribution in [0, 0.1) is 12.8 Å². The van der Waals surface area contributed by atoms with E-state index in [4.69, 9.17) is 4.74 Å². The van der Waals surface area contributed by atoms with E-state index in [0.717, 1.165) is 10.5 Å². The third-order valence-electron chi connectivity index (χ3n) is 3.91. The number of amides is 4. The van der Waals surface area contributed by atoms with Crippen molar-refractivity contribution in [2.24, 2.45) is 10.9 Å². The fourth-order valence-electron chi connectivity index (χ4n) is 2.62. The van der Waals surface area contributed by atoms with Crippen molar-refractivity contribution in [3.05, 3.63) is 54.1 Å². The molecule has 0 radical (unpaired) electrons. The lowest BCUT2D eigenvalue weighted by molar-refractivity contribution is -0.131. The van der Waals surface area contributed by atoms with Crippen molar-refractivity contribution < 1.29 is 19.1 Å². The molecule has 0 aliphatic carbocycles. The quantitative estimate of drug-likeness (QED) is 0.677. The van der Waals surface area contributed by atoms with Crippen LogP contribution in [0.25, 0.3) is 0 Å². The highest BCUT2D eigenvalue weighted by molar-refractivity contribution is 6.32. The van der Waals surface area contributed by atoms with Gasteiger partial charge in [-0.05, 0) is 36.8 Å². The average molecular weight is 351 g/mol. The predicted molar refractivity (Wildman–Crippen MR) is 96.8 cm³/mol. The lowest BCUT2D eigenvalue weighted by Crippen LogP contribution is -2.58. The van der Waals surface area contributed by atoms with E-state index in [2.05, 4.69) is 10.3 Å². The molecule has 132 valence electrons. The minimum atomic E-state index is -1.21. The Hall–Kier alpha value is -3.48. The van der Waals surface area contributed by atoms with Crippen molar-refractivity contribution in [2.45, 2.75) is 6.92 Å². The van der Waals surface area contributed by atoms with Crippen LogP contribution in [0.4, 0.5) is 16.2 Å². The summed E-state index contributed by atoms with van der Waals surface area (Å²) in [4.78, 5) is 42.2. The van der Waals surface area contributed by atoms with Crippen LogP contribution in [0.15, 0.2) is 53.5 Å². The van der Waals surface area contributed by atoms with Crippen LogP contribution in [0.2, 0.25) is 0 Å². The molecule has 2 aromatic carbocycles. The first kappa shape index (κ1) is 17.3. The monoisotopic (exact) mass is 351 g/mol. The number of barbiturate groups is 1. The first-order valence-corrected chi connectivity index (χ1v) is 7.94. The van der Waals surface area contributed by atoms with Gasteiger partial charge in [0.2, 0.25) is 5.91 Å². The molecule has 26 heavy (non-hydrogen) atoms. The SMILES string of the molecule is COc1ccccc1N=C[C@@H]1C(=O)NC(=O)N(c2cccc(C)c2)C1=O. The minimum Gasteiger partial charge on any atom is -0.494 e. The summed E-state index contributed by atoms with van der Waals surface area (Å²) in [6.07, 6.45) is 1.23. The molecule has 1 N–H and O–H groups in total. The van der Waals surface area contributed by atoms with Gasteiger partial charge in [0.1, 0.15) is 11.4 Å². The van der Waals surface area contributed by atoms with Gasteiger partial charge in [-0.3, -0.25) is 19.9 Å². The number of urea groups is 1. The number of rotatable bonds is 4. The summed E-state index contributed by atoms with van der Waals surface area (Å²) in [6, 6.07) is 13.1. The molecule has 1 saturated heterocycles. The molecule has 0 bridgehead atoms. The van der Waals surface area contributed by atoms with Gasteiger partial charge in [0.15, 0.2) is 5.92 Å². The van der Waals surface area contributed by atoms with Crippen molar-refractivity contribution >= 4 is 35.4 Å². The number of hydrogen-bond donors (Lipinski definition) is 1. The molecule has 7 heteroatoms. The second-order valence-corrected chi connectivity index (χ2v) is 5.73. The fourth-order valence-corrected chi connectivity index (χ4v) is 2.62. The zero-order chi connectivity index (χ0) is 18.7. The third-order valence-corrected chi connectivity index (χ3v) is 3.91. The Morgan fingerprint density at radius 3 is 2.62 bits per heavy atom. The normalized spacial score (nSPS) is 17.5. The van der Waals surface area contributed by atoms with Gasteiger partial charge in [0, 0.05) is 6.21 Å². The average Bonchev–Trinajstić information content (AvgIpc) is 2.61. The summed E-state index contributed by atoms with van der Waals surface area (Å²) in [6.45, 7) is 1.85. The molecule has 3 rings (SSSR count). The topological polar surface area (TPSA) is 88.1 Å². The number of anilines is 1. The van der Waals surface area contributed by atoms with Crippen molar-refractivity contribution in [1.29, 1.82) is 0 Å². The highest BCUT2D eigenvalue weighted by atomic mass is 16.5. The van der Waals surface area contributed by atoms with Crippen molar-refractivity contribution in [2.75, 3.05) is 12.0 Å². The van der Waals surface area contributed by atoms with E-state index in [1.165, 1.54) is 13.3 Å². The number of benzene rings is 2. The summed E-state index contributed by atoms with van der Waals surface area (Å²) in [5.74, 6) is -2.05. The van der Waals surface area contributed by atoms with Crippen LogP contribution in [-0.4, -0.2) is 31.2 Å². The summed E-state index contributed by atoms with van der Waals surface area (Å²) in [5.41, 5.74) is 1.77. The van der Waals surface area contributed by atoms with Crippen LogP contribution in [0.5, 0.6) is 5.75 Å². The minimum absolute atomic E-state index is 0.399. The summed E-state index contributed by atoms with van der Waals surface area (Å²) in [7, 11) is 1.50. The molecule has 1 aliphatic rings. The van der Waals surface area contributed by atoms with Gasteiger partial charge in [-0.25, -0.2) is 9.69 Å². The maximum absolute atomic E-state index is 12.8. The van der Waals surface area contributed by atoms with E-state index in [-0.39, 0.29) is 0 Å². The Labute approximate surface area is 150 Å². The van der Waals surface area contributed by atoms with Crippen LogP contribution in [0.1, 0.15) is 5.56 Å². The molecule has 1 aliphatic heterocycles. The van der Waals surface area contributed by atoms with Crippen molar-refractivity contribution in [1.82, 2.24) is 5.32 Å². The molecule has 7 nitrogen and oxygen atoms in total. The molecule has 4 amide bonds. The second kappa shape index (κ2) is 7.18. The number of ether oxygens (including phenoxy) is 1. The summed E-state index contributed by atoms with van der Waals surface area (Å²) < 4.78 is 5.20. The smallest absolute Gasteiger partial charge is 0.335 e. The van der Waals surface area contributed by atoms with Crippen LogP contribution in [-0.2, 0) is 9.59 Å². The van der Waals surface area contributed by atoms with Gasteiger partial charge < -0.3 is 4.74 Å². The molecule has 0 aromatic heterocycles.